The zero-order valence-electron chi connectivity index (χ0n) is 18.9. The van der Waals surface area contributed by atoms with E-state index in [-0.39, 0.29) is 30.2 Å². The van der Waals surface area contributed by atoms with Gasteiger partial charge in [0.25, 0.3) is 0 Å². The Morgan fingerprint density at radius 3 is 2.28 bits per heavy atom. The van der Waals surface area contributed by atoms with Gasteiger partial charge in [0.05, 0.1) is 12.6 Å². The maximum Gasteiger partial charge on any atom is 0.238 e. The van der Waals surface area contributed by atoms with Gasteiger partial charge >= 0.3 is 0 Å². The molecule has 0 aromatic heterocycles. The van der Waals surface area contributed by atoms with Crippen molar-refractivity contribution in [2.24, 2.45) is 0 Å². The molecule has 0 aliphatic carbocycles. The number of halogens is 1. The molecular formula is C25H33FN4O2. The van der Waals surface area contributed by atoms with E-state index < -0.39 is 0 Å². The summed E-state index contributed by atoms with van der Waals surface area (Å²) in [5.74, 6) is -0.101. The minimum absolute atomic E-state index is 0.0434. The van der Waals surface area contributed by atoms with Crippen LogP contribution in [-0.4, -0.2) is 66.9 Å². The van der Waals surface area contributed by atoms with Crippen LogP contribution in [-0.2, 0) is 9.59 Å². The summed E-state index contributed by atoms with van der Waals surface area (Å²) in [6.07, 6.45) is 0.970. The van der Waals surface area contributed by atoms with Crippen molar-refractivity contribution in [1.29, 1.82) is 0 Å². The molecule has 32 heavy (non-hydrogen) atoms. The number of hydrogen-bond donors (Lipinski definition) is 2. The molecule has 7 heteroatoms. The first-order chi connectivity index (χ1) is 15.5. The number of nitrogens with one attached hydrogen (secondary N) is 2. The van der Waals surface area contributed by atoms with Gasteiger partial charge in [0.1, 0.15) is 5.82 Å². The van der Waals surface area contributed by atoms with E-state index in [1.807, 2.05) is 25.1 Å². The minimum atomic E-state index is -0.331. The standard InChI is InChI=1S/C25H33FN4O2/c1-3-20(21-7-5-4-6-8-21)17-27-25(32)19(2)30-15-13-29(14-16-30)18-24(31)28-23-11-9-22(26)10-12-23/h4-12,19-20H,3,13-18H2,1-2H3,(H,27,32)(H,28,31)/t19-,20+/m0/s1. The highest BCUT2D eigenvalue weighted by Crippen LogP contribution is 2.18. The number of piperazine rings is 1. The summed E-state index contributed by atoms with van der Waals surface area (Å²) in [6.45, 7) is 7.89. The molecule has 1 aliphatic rings. The van der Waals surface area contributed by atoms with E-state index in [1.165, 1.54) is 17.7 Å². The first-order valence-electron chi connectivity index (χ1n) is 11.3. The molecule has 0 spiro atoms. The van der Waals surface area contributed by atoms with Crippen LogP contribution in [0.5, 0.6) is 0 Å². The summed E-state index contributed by atoms with van der Waals surface area (Å²) in [4.78, 5) is 29.2. The first-order valence-corrected chi connectivity index (χ1v) is 11.3. The number of anilines is 1. The summed E-state index contributed by atoms with van der Waals surface area (Å²) in [6, 6.07) is 15.8. The number of rotatable bonds is 9. The lowest BCUT2D eigenvalue weighted by molar-refractivity contribution is -0.127. The van der Waals surface area contributed by atoms with Crippen LogP contribution in [0.3, 0.4) is 0 Å². The normalized spacial score (nSPS) is 16.8. The zero-order chi connectivity index (χ0) is 22.9. The van der Waals surface area contributed by atoms with Crippen molar-refractivity contribution in [1.82, 2.24) is 15.1 Å². The SMILES string of the molecule is CC[C@H](CNC(=O)[C@H](C)N1CCN(CC(=O)Nc2ccc(F)cc2)CC1)c1ccccc1. The Hall–Kier alpha value is -2.77. The number of carbonyl (C=O) groups is 2. The third-order valence-electron chi connectivity index (χ3n) is 6.12. The van der Waals surface area contributed by atoms with Crippen LogP contribution in [0.1, 0.15) is 31.7 Å². The Morgan fingerprint density at radius 2 is 1.66 bits per heavy atom. The third-order valence-corrected chi connectivity index (χ3v) is 6.12. The fourth-order valence-corrected chi connectivity index (χ4v) is 4.01. The van der Waals surface area contributed by atoms with E-state index in [2.05, 4.69) is 39.5 Å². The van der Waals surface area contributed by atoms with Crippen LogP contribution in [0.2, 0.25) is 0 Å². The molecule has 1 saturated heterocycles. The van der Waals surface area contributed by atoms with Crippen LogP contribution in [0, 0.1) is 5.82 Å². The predicted octanol–water partition coefficient (Wildman–Crippen LogP) is 3.08. The zero-order valence-corrected chi connectivity index (χ0v) is 18.9. The Kier molecular flexibility index (Phi) is 8.76. The molecule has 2 aromatic rings. The number of hydrogen-bond acceptors (Lipinski definition) is 4. The van der Waals surface area contributed by atoms with Gasteiger partial charge in [0.15, 0.2) is 0 Å². The number of benzene rings is 2. The summed E-state index contributed by atoms with van der Waals surface area (Å²) in [7, 11) is 0. The van der Waals surface area contributed by atoms with Gasteiger partial charge in [0, 0.05) is 44.3 Å². The number of carbonyl (C=O) groups excluding carboxylic acids is 2. The molecule has 6 nitrogen and oxygen atoms in total. The maximum atomic E-state index is 13.0. The lowest BCUT2D eigenvalue weighted by Gasteiger charge is -2.37. The van der Waals surface area contributed by atoms with E-state index in [1.54, 1.807) is 12.1 Å². The van der Waals surface area contributed by atoms with Gasteiger partial charge in [-0.3, -0.25) is 19.4 Å². The summed E-state index contributed by atoms with van der Waals surface area (Å²) in [5.41, 5.74) is 1.83. The Bertz CT molecular complexity index is 867. The summed E-state index contributed by atoms with van der Waals surface area (Å²) >= 11 is 0. The van der Waals surface area contributed by atoms with Crippen molar-refractivity contribution in [3.63, 3.8) is 0 Å². The summed E-state index contributed by atoms with van der Waals surface area (Å²) in [5, 5.41) is 5.91. The van der Waals surface area contributed by atoms with E-state index in [4.69, 9.17) is 0 Å². The topological polar surface area (TPSA) is 64.7 Å². The first kappa shape index (κ1) is 23.9. The number of amides is 2. The van der Waals surface area contributed by atoms with Crippen LogP contribution in [0.15, 0.2) is 54.6 Å². The average molecular weight is 441 g/mol. The van der Waals surface area contributed by atoms with Crippen LogP contribution < -0.4 is 10.6 Å². The molecule has 0 unspecified atom stereocenters. The molecule has 0 radical (unpaired) electrons. The fourth-order valence-electron chi connectivity index (χ4n) is 4.01. The van der Waals surface area contributed by atoms with E-state index in [0.717, 1.165) is 32.6 Å². The van der Waals surface area contributed by atoms with E-state index in [9.17, 15) is 14.0 Å². The molecule has 2 amide bonds. The van der Waals surface area contributed by atoms with Gasteiger partial charge in [-0.15, -0.1) is 0 Å². The van der Waals surface area contributed by atoms with Crippen molar-refractivity contribution >= 4 is 17.5 Å². The molecule has 0 saturated carbocycles. The molecule has 1 aliphatic heterocycles. The average Bonchev–Trinajstić information content (AvgIpc) is 2.81. The number of nitrogens with zero attached hydrogens (tertiary/aromatic N) is 2. The molecule has 1 fully saturated rings. The maximum absolute atomic E-state index is 13.0. The highest BCUT2D eigenvalue weighted by atomic mass is 19.1. The third kappa shape index (κ3) is 6.87. The van der Waals surface area contributed by atoms with Gasteiger partial charge in [-0.2, -0.15) is 0 Å². The van der Waals surface area contributed by atoms with Crippen molar-refractivity contribution in [3.8, 4) is 0 Å². The fraction of sp³-hybridized carbons (Fsp3) is 0.440. The quantitative estimate of drug-likeness (QED) is 0.629. The van der Waals surface area contributed by atoms with Gasteiger partial charge in [-0.05, 0) is 43.2 Å². The molecule has 0 bridgehead atoms. The predicted molar refractivity (Wildman–Crippen MR) is 125 cm³/mol. The molecular weight excluding hydrogens is 407 g/mol. The molecule has 2 aromatic carbocycles. The van der Waals surface area contributed by atoms with E-state index >= 15 is 0 Å². The van der Waals surface area contributed by atoms with Crippen molar-refractivity contribution < 1.29 is 14.0 Å². The lowest BCUT2D eigenvalue weighted by atomic mass is 9.96. The smallest absolute Gasteiger partial charge is 0.238 e. The highest BCUT2D eigenvalue weighted by molar-refractivity contribution is 5.92. The second-order valence-electron chi connectivity index (χ2n) is 8.30. The van der Waals surface area contributed by atoms with Crippen molar-refractivity contribution in [3.05, 3.63) is 66.0 Å². The minimum Gasteiger partial charge on any atom is -0.354 e. The van der Waals surface area contributed by atoms with Crippen molar-refractivity contribution in [2.45, 2.75) is 32.2 Å². The summed E-state index contributed by atoms with van der Waals surface area (Å²) < 4.78 is 13.0. The monoisotopic (exact) mass is 440 g/mol. The van der Waals surface area contributed by atoms with Gasteiger partial charge in [-0.25, -0.2) is 4.39 Å². The largest absolute Gasteiger partial charge is 0.354 e. The molecule has 1 heterocycles. The molecule has 3 rings (SSSR count). The second kappa shape index (κ2) is 11.7. The molecule has 2 atom stereocenters. The van der Waals surface area contributed by atoms with E-state index in [0.29, 0.717) is 18.2 Å². The Labute approximate surface area is 189 Å². The van der Waals surface area contributed by atoms with Crippen LogP contribution in [0.4, 0.5) is 10.1 Å². The second-order valence-corrected chi connectivity index (χ2v) is 8.30. The van der Waals surface area contributed by atoms with Crippen molar-refractivity contribution in [2.75, 3.05) is 44.6 Å². The Morgan fingerprint density at radius 1 is 1.00 bits per heavy atom. The molecule has 2 N–H and O–H groups in total. The highest BCUT2D eigenvalue weighted by Gasteiger charge is 2.26. The van der Waals surface area contributed by atoms with Gasteiger partial charge in [-0.1, -0.05) is 37.3 Å². The Balaban J connectivity index is 1.40. The van der Waals surface area contributed by atoms with Gasteiger partial charge in [0.2, 0.25) is 11.8 Å². The van der Waals surface area contributed by atoms with Crippen LogP contribution in [0.25, 0.3) is 0 Å². The van der Waals surface area contributed by atoms with Crippen LogP contribution >= 0.6 is 0 Å². The lowest BCUT2D eigenvalue weighted by Crippen LogP contribution is -2.55. The molecule has 172 valence electrons. The van der Waals surface area contributed by atoms with Gasteiger partial charge < -0.3 is 10.6 Å².